The fraction of sp³-hybridized carbons (Fsp3) is 0.471. The van der Waals surface area contributed by atoms with E-state index in [1.807, 2.05) is 46.4 Å². The lowest BCUT2D eigenvalue weighted by Crippen LogP contribution is -2.26. The summed E-state index contributed by atoms with van der Waals surface area (Å²) in [7, 11) is 8.01. The minimum absolute atomic E-state index is 0.110. The van der Waals surface area contributed by atoms with Crippen LogP contribution in [-0.4, -0.2) is 79.8 Å². The van der Waals surface area contributed by atoms with Crippen molar-refractivity contribution in [2.24, 2.45) is 4.99 Å². The van der Waals surface area contributed by atoms with E-state index in [9.17, 15) is 4.79 Å². The van der Waals surface area contributed by atoms with Gasteiger partial charge in [-0.05, 0) is 40.3 Å². The van der Waals surface area contributed by atoms with Crippen LogP contribution in [0.4, 0.5) is 5.82 Å². The van der Waals surface area contributed by atoms with Gasteiger partial charge in [-0.15, -0.1) is 0 Å². The number of fused-ring (bicyclic) bond motifs is 1. The summed E-state index contributed by atoms with van der Waals surface area (Å²) >= 11 is 0. The Bertz CT molecular complexity index is 750. The van der Waals surface area contributed by atoms with Gasteiger partial charge in [0, 0.05) is 32.0 Å². The van der Waals surface area contributed by atoms with E-state index in [1.165, 1.54) is 0 Å². The zero-order valence-corrected chi connectivity index (χ0v) is 14.9. The van der Waals surface area contributed by atoms with Crippen LogP contribution >= 0.6 is 0 Å². The number of nitrogens with one attached hydrogen (secondary N) is 1. The molecule has 0 fully saturated rings. The maximum atomic E-state index is 12.7. The molecule has 0 amide bonds. The molecule has 0 saturated carbocycles. The summed E-state index contributed by atoms with van der Waals surface area (Å²) in [6, 6.07) is 5.52. The van der Waals surface area contributed by atoms with E-state index >= 15 is 0 Å². The second-order valence-corrected chi connectivity index (χ2v) is 6.18. The minimum atomic E-state index is -0.110. The van der Waals surface area contributed by atoms with Crippen molar-refractivity contribution in [2.45, 2.75) is 0 Å². The SMILES string of the molecule is CN(C)CCN=Cc1c(NCCN(C)C)nc2ccccn2c1=O. The molecule has 0 aliphatic heterocycles. The lowest BCUT2D eigenvalue weighted by atomic mass is 10.3. The van der Waals surface area contributed by atoms with E-state index in [0.717, 1.165) is 13.1 Å². The molecule has 7 heteroatoms. The van der Waals surface area contributed by atoms with Gasteiger partial charge in [0.25, 0.3) is 5.56 Å². The fourth-order valence-electron chi connectivity index (χ4n) is 2.17. The summed E-state index contributed by atoms with van der Waals surface area (Å²) in [6.07, 6.45) is 3.36. The minimum Gasteiger partial charge on any atom is -0.368 e. The fourth-order valence-corrected chi connectivity index (χ4v) is 2.17. The smallest absolute Gasteiger partial charge is 0.268 e. The van der Waals surface area contributed by atoms with Gasteiger partial charge >= 0.3 is 0 Å². The predicted octanol–water partition coefficient (Wildman–Crippen LogP) is 0.649. The van der Waals surface area contributed by atoms with Crippen molar-refractivity contribution >= 4 is 17.7 Å². The van der Waals surface area contributed by atoms with Crippen LogP contribution in [0.25, 0.3) is 5.65 Å². The first-order valence-electron chi connectivity index (χ1n) is 8.03. The molecule has 1 N–H and O–H groups in total. The normalized spacial score (nSPS) is 11.9. The molecule has 0 saturated heterocycles. The van der Waals surface area contributed by atoms with E-state index in [0.29, 0.717) is 30.1 Å². The highest BCUT2D eigenvalue weighted by atomic mass is 16.1. The average molecular weight is 330 g/mol. The molecule has 0 spiro atoms. The number of likely N-dealkylation sites (N-methyl/N-ethyl adjacent to an activating group) is 2. The molecule has 0 unspecified atom stereocenters. The number of nitrogens with zero attached hydrogens (tertiary/aromatic N) is 5. The van der Waals surface area contributed by atoms with Crippen molar-refractivity contribution in [3.05, 3.63) is 40.3 Å². The summed E-state index contributed by atoms with van der Waals surface area (Å²) in [6.45, 7) is 3.04. The highest BCUT2D eigenvalue weighted by molar-refractivity contribution is 5.86. The predicted molar refractivity (Wildman–Crippen MR) is 99.5 cm³/mol. The standard InChI is InChI=1S/C17H26N6O/c1-21(2)11-8-18-13-14-16(19-9-12-22(3)4)20-15-7-5-6-10-23(15)17(14)24/h5-7,10,13,19H,8-9,11-12H2,1-4H3. The van der Waals surface area contributed by atoms with E-state index in [-0.39, 0.29) is 5.56 Å². The summed E-state index contributed by atoms with van der Waals surface area (Å²) in [5.74, 6) is 0.585. The zero-order valence-electron chi connectivity index (χ0n) is 14.9. The Balaban J connectivity index is 2.33. The number of hydrogen-bond acceptors (Lipinski definition) is 6. The van der Waals surface area contributed by atoms with Gasteiger partial charge < -0.3 is 15.1 Å². The Morgan fingerprint density at radius 3 is 2.67 bits per heavy atom. The van der Waals surface area contributed by atoms with Crippen LogP contribution in [0.1, 0.15) is 5.56 Å². The van der Waals surface area contributed by atoms with Crippen molar-refractivity contribution in [3.8, 4) is 0 Å². The van der Waals surface area contributed by atoms with Gasteiger partial charge in [-0.3, -0.25) is 14.2 Å². The number of rotatable bonds is 8. The largest absolute Gasteiger partial charge is 0.368 e. The third-order valence-corrected chi connectivity index (χ3v) is 3.52. The van der Waals surface area contributed by atoms with Gasteiger partial charge in [0.15, 0.2) is 0 Å². The summed E-state index contributed by atoms with van der Waals surface area (Å²) in [5, 5.41) is 3.26. The second-order valence-electron chi connectivity index (χ2n) is 6.18. The van der Waals surface area contributed by atoms with Crippen LogP contribution in [0.5, 0.6) is 0 Å². The molecule has 2 aromatic heterocycles. The average Bonchev–Trinajstić information content (AvgIpc) is 2.53. The highest BCUT2D eigenvalue weighted by Crippen LogP contribution is 2.08. The quantitative estimate of drug-likeness (QED) is 0.720. The summed E-state index contributed by atoms with van der Waals surface area (Å²) in [4.78, 5) is 25.8. The number of aliphatic imine (C=N–C) groups is 1. The van der Waals surface area contributed by atoms with Gasteiger partial charge in [-0.1, -0.05) is 6.07 Å². The first-order valence-corrected chi connectivity index (χ1v) is 8.03. The first-order chi connectivity index (χ1) is 11.5. The zero-order chi connectivity index (χ0) is 17.5. The van der Waals surface area contributed by atoms with Gasteiger partial charge in [0.2, 0.25) is 0 Å². The Kier molecular flexibility index (Phi) is 6.45. The molecule has 2 aromatic rings. The molecule has 24 heavy (non-hydrogen) atoms. The van der Waals surface area contributed by atoms with Crippen LogP contribution < -0.4 is 10.9 Å². The van der Waals surface area contributed by atoms with Crippen LogP contribution in [0.2, 0.25) is 0 Å². The molecule has 0 aromatic carbocycles. The van der Waals surface area contributed by atoms with E-state index in [4.69, 9.17) is 0 Å². The molecule has 0 aliphatic carbocycles. The second kappa shape index (κ2) is 8.56. The van der Waals surface area contributed by atoms with Crippen LogP contribution in [0.3, 0.4) is 0 Å². The van der Waals surface area contributed by atoms with E-state index in [2.05, 4.69) is 25.1 Å². The molecule has 0 atom stereocenters. The number of hydrogen-bond donors (Lipinski definition) is 1. The maximum absolute atomic E-state index is 12.7. The topological polar surface area (TPSA) is 65.2 Å². The monoisotopic (exact) mass is 330 g/mol. The molecule has 0 radical (unpaired) electrons. The third kappa shape index (κ3) is 4.87. The first kappa shape index (κ1) is 18.1. The lowest BCUT2D eigenvalue weighted by Gasteiger charge is -2.13. The van der Waals surface area contributed by atoms with Gasteiger partial charge in [-0.2, -0.15) is 0 Å². The van der Waals surface area contributed by atoms with Crippen LogP contribution in [0, 0.1) is 0 Å². The molecule has 2 rings (SSSR count). The van der Waals surface area contributed by atoms with Crippen molar-refractivity contribution in [3.63, 3.8) is 0 Å². The van der Waals surface area contributed by atoms with E-state index < -0.39 is 0 Å². The Morgan fingerprint density at radius 2 is 1.96 bits per heavy atom. The Morgan fingerprint density at radius 1 is 1.21 bits per heavy atom. The van der Waals surface area contributed by atoms with Crippen molar-refractivity contribution in [1.82, 2.24) is 19.2 Å². The summed E-state index contributed by atoms with van der Waals surface area (Å²) < 4.78 is 1.55. The number of aromatic nitrogens is 2. The van der Waals surface area contributed by atoms with Crippen LogP contribution in [0.15, 0.2) is 34.2 Å². The maximum Gasteiger partial charge on any atom is 0.268 e. The molecular formula is C17H26N6O. The van der Waals surface area contributed by atoms with Crippen LogP contribution in [-0.2, 0) is 0 Å². The Labute approximate surface area is 142 Å². The molecule has 130 valence electrons. The number of pyridine rings is 1. The summed E-state index contributed by atoms with van der Waals surface area (Å²) in [5.41, 5.74) is 1.01. The molecule has 0 bridgehead atoms. The molecular weight excluding hydrogens is 304 g/mol. The lowest BCUT2D eigenvalue weighted by molar-refractivity contribution is 0.421. The highest BCUT2D eigenvalue weighted by Gasteiger charge is 2.10. The molecule has 7 nitrogen and oxygen atoms in total. The van der Waals surface area contributed by atoms with Gasteiger partial charge in [0.05, 0.1) is 6.54 Å². The van der Waals surface area contributed by atoms with Crippen molar-refractivity contribution in [1.29, 1.82) is 0 Å². The molecule has 0 aliphatic rings. The van der Waals surface area contributed by atoms with Gasteiger partial charge in [0.1, 0.15) is 17.0 Å². The Hall–Kier alpha value is -2.25. The van der Waals surface area contributed by atoms with Crippen molar-refractivity contribution < 1.29 is 0 Å². The number of anilines is 1. The van der Waals surface area contributed by atoms with Crippen molar-refractivity contribution in [2.75, 3.05) is 59.7 Å². The third-order valence-electron chi connectivity index (χ3n) is 3.52. The van der Waals surface area contributed by atoms with Gasteiger partial charge in [-0.25, -0.2) is 4.98 Å². The van der Waals surface area contributed by atoms with E-state index in [1.54, 1.807) is 16.8 Å². The molecule has 2 heterocycles.